The molecule has 23 heavy (non-hydrogen) atoms. The van der Waals surface area contributed by atoms with Crippen LogP contribution in [0.5, 0.6) is 0 Å². The minimum atomic E-state index is -0.367. The molecule has 0 aromatic carbocycles. The topological polar surface area (TPSA) is 74.3 Å². The smallest absolute Gasteiger partial charge is 0.853 e. The average Bonchev–Trinajstić information content (AvgIpc) is 2.57. The summed E-state index contributed by atoms with van der Waals surface area (Å²) in [7, 11) is 0. The van der Waals surface area contributed by atoms with E-state index in [0.717, 1.165) is 38.8 Å². The van der Waals surface area contributed by atoms with Gasteiger partial charge in [-0.15, -0.1) is 37.4 Å². The first kappa shape index (κ1) is 19.7. The Balaban J connectivity index is 0.000000160. The molecular weight excluding hydrogens is 340 g/mol. The molecule has 4 rings (SSSR count). The van der Waals surface area contributed by atoms with Gasteiger partial charge in [0.1, 0.15) is 0 Å². The summed E-state index contributed by atoms with van der Waals surface area (Å²) in [6.45, 7) is 1.89. The molecule has 0 spiro atoms. The van der Waals surface area contributed by atoms with Crippen LogP contribution in [0.25, 0.3) is 10.6 Å². The second-order valence-electron chi connectivity index (χ2n) is 7.54. The number of fused-ring (bicyclic) bond motifs is 2. The standard InChI is InChI=1S/2C9H15NO.Cu/c2*11-8-5-1-3-7-4-2-6-10-9(7)8;/h2*7-9H,1-6H2;/q2*-2;+2. The van der Waals surface area contributed by atoms with Gasteiger partial charge in [0, 0.05) is 0 Å². The Hall–Kier alpha value is 0.359. The predicted octanol–water partition coefficient (Wildman–Crippen LogP) is 2.10. The Morgan fingerprint density at radius 1 is 0.565 bits per heavy atom. The van der Waals surface area contributed by atoms with Crippen LogP contribution in [0.3, 0.4) is 0 Å². The molecule has 1 radical (unpaired) electrons. The summed E-state index contributed by atoms with van der Waals surface area (Å²) in [6, 6.07) is 0.384. The Labute approximate surface area is 151 Å². The molecule has 0 N–H and O–H groups in total. The van der Waals surface area contributed by atoms with Crippen molar-refractivity contribution in [2.75, 3.05) is 13.1 Å². The van der Waals surface area contributed by atoms with E-state index < -0.39 is 0 Å². The quantitative estimate of drug-likeness (QED) is 0.613. The number of nitrogens with zero attached hydrogens (tertiary/aromatic N) is 2. The molecule has 0 bridgehead atoms. The zero-order chi connectivity index (χ0) is 15.4. The molecule has 0 aromatic heterocycles. The van der Waals surface area contributed by atoms with Crippen molar-refractivity contribution in [2.45, 2.75) is 88.5 Å². The van der Waals surface area contributed by atoms with E-state index in [2.05, 4.69) is 10.6 Å². The van der Waals surface area contributed by atoms with Gasteiger partial charge in [-0.25, -0.2) is 0 Å². The van der Waals surface area contributed by atoms with E-state index in [1.807, 2.05) is 0 Å². The van der Waals surface area contributed by atoms with Crippen molar-refractivity contribution in [1.29, 1.82) is 0 Å². The number of rotatable bonds is 0. The summed E-state index contributed by atoms with van der Waals surface area (Å²) >= 11 is 0. The van der Waals surface area contributed by atoms with Gasteiger partial charge >= 0.3 is 17.1 Å². The van der Waals surface area contributed by atoms with Gasteiger partial charge in [0.05, 0.1) is 0 Å². The van der Waals surface area contributed by atoms with Gasteiger partial charge in [0.2, 0.25) is 0 Å². The molecule has 2 aliphatic carbocycles. The molecule has 4 nitrogen and oxygen atoms in total. The minimum Gasteiger partial charge on any atom is -0.853 e. The Morgan fingerprint density at radius 3 is 1.35 bits per heavy atom. The molecule has 2 aliphatic heterocycles. The molecule has 2 heterocycles. The van der Waals surface area contributed by atoms with Crippen molar-refractivity contribution in [3.8, 4) is 0 Å². The number of hydrogen-bond donors (Lipinski definition) is 0. The third kappa shape index (κ3) is 5.17. The monoisotopic (exact) mass is 369 g/mol. The third-order valence-electron chi connectivity index (χ3n) is 6.00. The van der Waals surface area contributed by atoms with E-state index in [0.29, 0.717) is 11.8 Å². The maximum absolute atomic E-state index is 11.4. The molecule has 4 fully saturated rings. The fourth-order valence-corrected chi connectivity index (χ4v) is 4.80. The molecule has 6 atom stereocenters. The van der Waals surface area contributed by atoms with Crippen molar-refractivity contribution in [2.24, 2.45) is 11.8 Å². The van der Waals surface area contributed by atoms with Crippen LogP contribution in [0.15, 0.2) is 0 Å². The van der Waals surface area contributed by atoms with Gasteiger partial charge < -0.3 is 20.8 Å². The summed E-state index contributed by atoms with van der Waals surface area (Å²) in [5.41, 5.74) is 0. The van der Waals surface area contributed by atoms with E-state index in [1.165, 1.54) is 38.5 Å². The van der Waals surface area contributed by atoms with E-state index in [1.54, 1.807) is 0 Å². The molecule has 137 valence electrons. The largest absolute Gasteiger partial charge is 2.00 e. The predicted molar refractivity (Wildman–Crippen MR) is 84.8 cm³/mol. The van der Waals surface area contributed by atoms with Crippen LogP contribution >= 0.6 is 0 Å². The second-order valence-corrected chi connectivity index (χ2v) is 7.54. The van der Waals surface area contributed by atoms with Crippen LogP contribution in [-0.4, -0.2) is 37.4 Å². The van der Waals surface area contributed by atoms with E-state index in [-0.39, 0.29) is 41.4 Å². The van der Waals surface area contributed by atoms with Gasteiger partial charge in [0.15, 0.2) is 0 Å². The zero-order valence-corrected chi connectivity index (χ0v) is 14.9. The summed E-state index contributed by atoms with van der Waals surface area (Å²) in [6.07, 6.45) is 10.7. The van der Waals surface area contributed by atoms with Crippen LogP contribution in [0.4, 0.5) is 0 Å². The van der Waals surface area contributed by atoms with E-state index in [4.69, 9.17) is 0 Å². The maximum Gasteiger partial charge on any atom is 2.00 e. The molecular formula is C18H30CuN2O2-2. The first-order chi connectivity index (χ1) is 10.8. The van der Waals surface area contributed by atoms with Crippen LogP contribution < -0.4 is 10.2 Å². The minimum absolute atomic E-state index is 0. The van der Waals surface area contributed by atoms with Crippen molar-refractivity contribution in [3.63, 3.8) is 0 Å². The van der Waals surface area contributed by atoms with Gasteiger partial charge in [0.25, 0.3) is 0 Å². The number of piperidine rings is 2. The molecule has 2 saturated heterocycles. The Kier molecular flexibility index (Phi) is 8.34. The van der Waals surface area contributed by atoms with Crippen molar-refractivity contribution in [1.82, 2.24) is 0 Å². The van der Waals surface area contributed by atoms with Crippen molar-refractivity contribution < 1.29 is 27.3 Å². The molecule has 2 saturated carbocycles. The fourth-order valence-electron chi connectivity index (χ4n) is 4.80. The Morgan fingerprint density at radius 2 is 0.957 bits per heavy atom. The maximum atomic E-state index is 11.4. The van der Waals surface area contributed by atoms with Crippen LogP contribution in [0.2, 0.25) is 0 Å². The second kappa shape index (κ2) is 9.74. The summed E-state index contributed by atoms with van der Waals surface area (Å²) in [5, 5.41) is 31.7. The van der Waals surface area contributed by atoms with Crippen LogP contribution in [0, 0.1) is 11.8 Å². The van der Waals surface area contributed by atoms with Crippen molar-refractivity contribution in [3.05, 3.63) is 10.6 Å². The molecule has 0 aromatic rings. The first-order valence-corrected chi connectivity index (χ1v) is 9.40. The van der Waals surface area contributed by atoms with Crippen LogP contribution in [-0.2, 0) is 17.1 Å². The Bertz CT molecular complexity index is 309. The van der Waals surface area contributed by atoms with Gasteiger partial charge in [-0.1, -0.05) is 76.0 Å². The summed E-state index contributed by atoms with van der Waals surface area (Å²) in [4.78, 5) is 0. The summed E-state index contributed by atoms with van der Waals surface area (Å²) < 4.78 is 0. The van der Waals surface area contributed by atoms with Gasteiger partial charge in [-0.2, -0.15) is 0 Å². The van der Waals surface area contributed by atoms with E-state index in [9.17, 15) is 10.2 Å². The van der Waals surface area contributed by atoms with Gasteiger partial charge in [-0.3, -0.25) is 0 Å². The fraction of sp³-hybridized carbons (Fsp3) is 1.00. The molecule has 4 aliphatic rings. The molecule has 6 unspecified atom stereocenters. The first-order valence-electron chi connectivity index (χ1n) is 9.40. The average molecular weight is 370 g/mol. The SMILES string of the molecule is [Cu+2].[O-]C1CCCC2CCC[N-]C12.[O-]C1CCCC2CCC[N-]C12. The zero-order valence-electron chi connectivity index (χ0n) is 14.0. The number of hydrogen-bond acceptors (Lipinski definition) is 2. The summed E-state index contributed by atoms with van der Waals surface area (Å²) in [5.74, 6) is 1.31. The van der Waals surface area contributed by atoms with Gasteiger partial charge in [-0.05, 0) is 0 Å². The van der Waals surface area contributed by atoms with Crippen molar-refractivity contribution >= 4 is 0 Å². The van der Waals surface area contributed by atoms with E-state index >= 15 is 0 Å². The molecule has 5 heteroatoms. The molecule has 0 amide bonds. The normalized spacial score (nSPS) is 43.0. The van der Waals surface area contributed by atoms with Crippen LogP contribution in [0.1, 0.15) is 64.2 Å². The third-order valence-corrected chi connectivity index (χ3v) is 6.00.